The van der Waals surface area contributed by atoms with Crippen LogP contribution in [0.25, 0.3) is 0 Å². The lowest BCUT2D eigenvalue weighted by Crippen LogP contribution is -2.74. The maximum absolute atomic E-state index is 13.3. The molecule has 0 N–H and O–H groups in total. The van der Waals surface area contributed by atoms with E-state index in [1.54, 1.807) is 6.07 Å². The molecular formula is C24H23F3N2O2. The minimum atomic E-state index is -4.65. The number of ether oxygens (including phenoxy) is 1. The molecule has 0 aromatic heterocycles. The summed E-state index contributed by atoms with van der Waals surface area (Å²) >= 11 is 0. The second kappa shape index (κ2) is 6.74. The predicted molar refractivity (Wildman–Crippen MR) is 108 cm³/mol. The van der Waals surface area contributed by atoms with Crippen LogP contribution in [0.5, 0.6) is 5.75 Å². The molecule has 0 atom stereocenters. The van der Waals surface area contributed by atoms with Crippen LogP contribution in [0, 0.1) is 22.2 Å². The molecule has 0 unspecified atom stereocenters. The Balaban J connectivity index is 1.62. The third-order valence-electron chi connectivity index (χ3n) is 6.59. The fourth-order valence-corrected chi connectivity index (χ4v) is 5.77. The number of fused-ring (bicyclic) bond motifs is 1. The second-order valence-electron chi connectivity index (χ2n) is 9.45. The Hall–Kier alpha value is -3.01. The molecule has 162 valence electrons. The topological polar surface area (TPSA) is 53.3 Å². The van der Waals surface area contributed by atoms with Crippen LogP contribution in [-0.2, 0) is 12.7 Å². The van der Waals surface area contributed by atoms with Gasteiger partial charge >= 0.3 is 6.18 Å². The highest BCUT2D eigenvalue weighted by Gasteiger charge is 2.67. The molecule has 1 aliphatic carbocycles. The van der Waals surface area contributed by atoms with Crippen LogP contribution in [0.2, 0.25) is 0 Å². The first-order valence-corrected chi connectivity index (χ1v) is 10.1. The van der Waals surface area contributed by atoms with Crippen LogP contribution in [0.3, 0.4) is 0 Å². The van der Waals surface area contributed by atoms with E-state index in [1.165, 1.54) is 6.07 Å². The quantitative estimate of drug-likeness (QED) is 0.656. The summed E-state index contributed by atoms with van der Waals surface area (Å²) in [5.41, 5.74) is -0.763. The van der Waals surface area contributed by atoms with Crippen molar-refractivity contribution in [2.75, 3.05) is 0 Å². The molecule has 2 aromatic rings. The molecule has 1 aliphatic heterocycles. The molecule has 4 rings (SSSR count). The number of carbonyl (C=O) groups excluding carboxylic acids is 1. The molecule has 0 spiro atoms. The van der Waals surface area contributed by atoms with Gasteiger partial charge in [0, 0.05) is 29.0 Å². The average molecular weight is 428 g/mol. The van der Waals surface area contributed by atoms with E-state index in [9.17, 15) is 18.0 Å². The second-order valence-corrected chi connectivity index (χ2v) is 9.45. The summed E-state index contributed by atoms with van der Waals surface area (Å²) < 4.78 is 46.1. The summed E-state index contributed by atoms with van der Waals surface area (Å²) in [6.07, 6.45) is -5.07. The highest BCUT2D eigenvalue weighted by Crippen LogP contribution is 2.59. The fraction of sp³-hybridized carbons (Fsp3) is 0.417. The number of amides is 1. The van der Waals surface area contributed by atoms with Crippen molar-refractivity contribution < 1.29 is 22.7 Å². The monoisotopic (exact) mass is 428 g/mol. The van der Waals surface area contributed by atoms with E-state index in [1.807, 2.05) is 56.9 Å². The minimum Gasteiger partial charge on any atom is -0.489 e. The molecule has 1 fully saturated rings. The molecule has 1 amide bonds. The standard InChI is InChI=1S/C24H23F3N2O2/c1-22(2)20(29-13-15-7-5-6-8-17(15)19(29)30)23(3,4)21(22)31-16-10-9-14(12-28)18(11-16)24(25,26)27/h5-11,20-21H,13H2,1-4H3. The number of hydrogen-bond donors (Lipinski definition) is 0. The molecule has 0 bridgehead atoms. The number of halogens is 3. The zero-order chi connectivity index (χ0) is 22.8. The molecule has 1 heterocycles. The summed E-state index contributed by atoms with van der Waals surface area (Å²) in [6.45, 7) is 8.39. The first kappa shape index (κ1) is 21.2. The van der Waals surface area contributed by atoms with Gasteiger partial charge in [-0.05, 0) is 29.8 Å². The normalized spacial score (nSPS) is 23.7. The molecule has 1 saturated carbocycles. The summed E-state index contributed by atoms with van der Waals surface area (Å²) in [4.78, 5) is 14.9. The Kier molecular flexibility index (Phi) is 4.62. The Morgan fingerprint density at radius 2 is 1.74 bits per heavy atom. The van der Waals surface area contributed by atoms with Gasteiger partial charge in [-0.3, -0.25) is 4.79 Å². The van der Waals surface area contributed by atoms with Crippen LogP contribution >= 0.6 is 0 Å². The maximum atomic E-state index is 13.3. The fourth-order valence-electron chi connectivity index (χ4n) is 5.77. The molecule has 7 heteroatoms. The van der Waals surface area contributed by atoms with Crippen molar-refractivity contribution >= 4 is 5.91 Å². The van der Waals surface area contributed by atoms with E-state index in [-0.39, 0.29) is 17.7 Å². The van der Waals surface area contributed by atoms with Gasteiger partial charge in [-0.2, -0.15) is 18.4 Å². The smallest absolute Gasteiger partial charge is 0.417 e. The van der Waals surface area contributed by atoms with Crippen LogP contribution in [0.15, 0.2) is 42.5 Å². The largest absolute Gasteiger partial charge is 0.489 e. The lowest BCUT2D eigenvalue weighted by Gasteiger charge is -2.65. The Bertz CT molecular complexity index is 1080. The van der Waals surface area contributed by atoms with Crippen molar-refractivity contribution in [2.24, 2.45) is 10.8 Å². The van der Waals surface area contributed by atoms with Gasteiger partial charge in [0.1, 0.15) is 11.9 Å². The van der Waals surface area contributed by atoms with Crippen molar-refractivity contribution in [2.45, 2.75) is 52.6 Å². The van der Waals surface area contributed by atoms with Gasteiger partial charge in [-0.25, -0.2) is 0 Å². The SMILES string of the molecule is CC1(C)C(Oc2ccc(C#N)c(C(F)(F)F)c2)C(C)(C)C1N1Cc2ccccc2C1=O. The van der Waals surface area contributed by atoms with Gasteiger partial charge in [-0.15, -0.1) is 0 Å². The van der Waals surface area contributed by atoms with Crippen molar-refractivity contribution in [3.8, 4) is 11.8 Å². The average Bonchev–Trinajstić information content (AvgIpc) is 3.00. The van der Waals surface area contributed by atoms with Crippen molar-refractivity contribution in [3.05, 3.63) is 64.7 Å². The first-order valence-electron chi connectivity index (χ1n) is 10.1. The highest BCUT2D eigenvalue weighted by atomic mass is 19.4. The minimum absolute atomic E-state index is 0.0297. The van der Waals surface area contributed by atoms with Crippen LogP contribution < -0.4 is 4.74 Å². The summed E-state index contributed by atoms with van der Waals surface area (Å²) in [5, 5.41) is 9.01. The van der Waals surface area contributed by atoms with E-state index in [4.69, 9.17) is 10.00 Å². The van der Waals surface area contributed by atoms with E-state index in [0.717, 1.165) is 17.7 Å². The van der Waals surface area contributed by atoms with Crippen LogP contribution in [0.4, 0.5) is 13.2 Å². The Morgan fingerprint density at radius 1 is 1.10 bits per heavy atom. The number of rotatable bonds is 3. The number of carbonyl (C=O) groups is 1. The summed E-state index contributed by atoms with van der Waals surface area (Å²) in [5.74, 6) is 0.0323. The number of benzene rings is 2. The number of alkyl halides is 3. The van der Waals surface area contributed by atoms with E-state index < -0.39 is 34.2 Å². The van der Waals surface area contributed by atoms with Gasteiger partial charge in [0.15, 0.2) is 0 Å². The lowest BCUT2D eigenvalue weighted by molar-refractivity contribution is -0.199. The van der Waals surface area contributed by atoms with Crippen molar-refractivity contribution in [3.63, 3.8) is 0 Å². The first-order chi connectivity index (χ1) is 14.4. The number of hydrogen-bond acceptors (Lipinski definition) is 3. The number of nitrogens with zero attached hydrogens (tertiary/aromatic N) is 2. The predicted octanol–water partition coefficient (Wildman–Crippen LogP) is 5.42. The highest BCUT2D eigenvalue weighted by molar-refractivity contribution is 5.98. The van der Waals surface area contributed by atoms with Crippen LogP contribution in [-0.4, -0.2) is 23.0 Å². The Morgan fingerprint density at radius 3 is 2.32 bits per heavy atom. The zero-order valence-electron chi connectivity index (χ0n) is 17.7. The van der Waals surface area contributed by atoms with E-state index in [2.05, 4.69) is 0 Å². The van der Waals surface area contributed by atoms with Crippen molar-refractivity contribution in [1.82, 2.24) is 4.90 Å². The summed E-state index contributed by atoms with van der Waals surface area (Å²) in [6, 6.07) is 12.3. The lowest BCUT2D eigenvalue weighted by atomic mass is 9.49. The van der Waals surface area contributed by atoms with Gasteiger partial charge < -0.3 is 9.64 Å². The molecule has 2 aliphatic rings. The molecule has 31 heavy (non-hydrogen) atoms. The zero-order valence-corrected chi connectivity index (χ0v) is 17.7. The van der Waals surface area contributed by atoms with Crippen molar-refractivity contribution in [1.29, 1.82) is 5.26 Å². The Labute approximate surface area is 179 Å². The summed E-state index contributed by atoms with van der Waals surface area (Å²) in [7, 11) is 0. The van der Waals surface area contributed by atoms with E-state index in [0.29, 0.717) is 12.1 Å². The number of nitriles is 1. The van der Waals surface area contributed by atoms with Gasteiger partial charge in [0.05, 0.1) is 17.2 Å². The maximum Gasteiger partial charge on any atom is 0.417 e. The van der Waals surface area contributed by atoms with Gasteiger partial charge in [0.25, 0.3) is 5.91 Å². The van der Waals surface area contributed by atoms with E-state index >= 15 is 0 Å². The third kappa shape index (κ3) is 3.16. The molecule has 0 radical (unpaired) electrons. The van der Waals surface area contributed by atoms with Gasteiger partial charge in [0.2, 0.25) is 0 Å². The molecule has 4 nitrogen and oxygen atoms in total. The third-order valence-corrected chi connectivity index (χ3v) is 6.59. The molecule has 2 aromatic carbocycles. The van der Waals surface area contributed by atoms with Gasteiger partial charge in [-0.1, -0.05) is 45.9 Å². The molecular weight excluding hydrogens is 405 g/mol. The molecule has 0 saturated heterocycles. The van der Waals surface area contributed by atoms with Crippen LogP contribution in [0.1, 0.15) is 54.7 Å².